The fourth-order valence-electron chi connectivity index (χ4n) is 3.30. The van der Waals surface area contributed by atoms with Gasteiger partial charge in [0.1, 0.15) is 0 Å². The van der Waals surface area contributed by atoms with E-state index in [0.717, 1.165) is 38.1 Å². The van der Waals surface area contributed by atoms with Crippen molar-refractivity contribution in [2.75, 3.05) is 11.9 Å². The number of hydrogen-bond donors (Lipinski definition) is 2. The van der Waals surface area contributed by atoms with Gasteiger partial charge in [-0.1, -0.05) is 0 Å². The minimum Gasteiger partial charge on any atom is -0.475 e. The van der Waals surface area contributed by atoms with Crippen LogP contribution in [0.2, 0.25) is 0 Å². The molecule has 0 radical (unpaired) electrons. The lowest BCUT2D eigenvalue weighted by Crippen LogP contribution is -2.37. The Morgan fingerprint density at radius 2 is 2.07 bits per heavy atom. The van der Waals surface area contributed by atoms with E-state index in [2.05, 4.69) is 25.7 Å². The Hall–Kier alpha value is -2.85. The number of nitrogens with zero attached hydrogens (tertiary/aromatic N) is 4. The molecule has 2 aromatic heterocycles. The molecule has 0 saturated heterocycles. The summed E-state index contributed by atoms with van der Waals surface area (Å²) in [5.41, 5.74) is 0.621. The van der Waals surface area contributed by atoms with Gasteiger partial charge in [0.15, 0.2) is 0 Å². The fourth-order valence-corrected chi connectivity index (χ4v) is 3.30. The summed E-state index contributed by atoms with van der Waals surface area (Å²) >= 11 is 0. The summed E-state index contributed by atoms with van der Waals surface area (Å²) in [7, 11) is 0. The molecule has 1 aliphatic carbocycles. The number of amides is 1. The second-order valence-corrected chi connectivity index (χ2v) is 7.09. The van der Waals surface area contributed by atoms with Crippen molar-refractivity contribution in [3.05, 3.63) is 23.9 Å². The second kappa shape index (κ2) is 9.10. The average Bonchev–Trinajstić information content (AvgIpc) is 3.04. The highest BCUT2D eigenvalue weighted by Gasteiger charge is 2.23. The van der Waals surface area contributed by atoms with Crippen LogP contribution in [0.1, 0.15) is 44.9 Å². The fraction of sp³-hybridized carbons (Fsp3) is 0.556. The third-order valence-electron chi connectivity index (χ3n) is 4.78. The monoisotopic (exact) mass is 412 g/mol. The Bertz CT molecular complexity index is 852. The molecule has 1 aliphatic rings. The first-order valence-corrected chi connectivity index (χ1v) is 9.35. The molecular formula is C18H23F3N6O2. The molecule has 2 aromatic rings. The van der Waals surface area contributed by atoms with E-state index in [1.807, 2.05) is 0 Å². The number of carbonyl (C=O) groups is 1. The molecule has 2 N–H and O–H groups in total. The van der Waals surface area contributed by atoms with E-state index < -0.39 is 12.4 Å². The largest absolute Gasteiger partial charge is 0.475 e. The standard InChI is InChI=1S/C18H23F3N6O2/c1-10-15(8-27(26-10)17(20)21)24-18-22-7-14(19)16(25-18)29-9-12-3-5-13(6-4-12)23-11(2)28/h7-8,12-13,17H,3-6,9H2,1-2H3,(H,23,28)(H,22,24,25)/t12-,13-. The van der Waals surface area contributed by atoms with E-state index in [9.17, 15) is 18.0 Å². The number of ether oxygens (including phenoxy) is 1. The van der Waals surface area contributed by atoms with Crippen molar-refractivity contribution in [3.8, 4) is 5.88 Å². The molecule has 0 unspecified atom stereocenters. The molecule has 158 valence electrons. The first-order valence-electron chi connectivity index (χ1n) is 9.35. The van der Waals surface area contributed by atoms with Gasteiger partial charge in [0.2, 0.25) is 17.7 Å². The van der Waals surface area contributed by atoms with Gasteiger partial charge in [-0.25, -0.2) is 9.67 Å². The van der Waals surface area contributed by atoms with E-state index in [4.69, 9.17) is 4.74 Å². The van der Waals surface area contributed by atoms with Gasteiger partial charge in [-0.05, 0) is 38.5 Å². The Labute approximate surface area is 165 Å². The lowest BCUT2D eigenvalue weighted by atomic mass is 9.86. The zero-order chi connectivity index (χ0) is 21.0. The topological polar surface area (TPSA) is 94.0 Å². The van der Waals surface area contributed by atoms with Crippen LogP contribution in [-0.4, -0.2) is 38.3 Å². The maximum atomic E-state index is 14.0. The molecule has 0 spiro atoms. The van der Waals surface area contributed by atoms with Gasteiger partial charge in [-0.2, -0.15) is 23.3 Å². The second-order valence-electron chi connectivity index (χ2n) is 7.09. The number of aryl methyl sites for hydroxylation is 1. The van der Waals surface area contributed by atoms with Crippen LogP contribution in [0.15, 0.2) is 12.4 Å². The summed E-state index contributed by atoms with van der Waals surface area (Å²) in [5.74, 6) is -0.694. The highest BCUT2D eigenvalue weighted by Crippen LogP contribution is 2.26. The third-order valence-corrected chi connectivity index (χ3v) is 4.78. The highest BCUT2D eigenvalue weighted by atomic mass is 19.3. The van der Waals surface area contributed by atoms with E-state index in [-0.39, 0.29) is 29.7 Å². The van der Waals surface area contributed by atoms with Crippen LogP contribution in [0, 0.1) is 18.7 Å². The van der Waals surface area contributed by atoms with Crippen molar-refractivity contribution >= 4 is 17.5 Å². The Morgan fingerprint density at radius 3 is 2.69 bits per heavy atom. The van der Waals surface area contributed by atoms with Gasteiger partial charge < -0.3 is 15.4 Å². The normalized spacial score (nSPS) is 19.2. The maximum absolute atomic E-state index is 14.0. The van der Waals surface area contributed by atoms with Crippen LogP contribution in [0.4, 0.5) is 24.8 Å². The first kappa shape index (κ1) is 20.9. The van der Waals surface area contributed by atoms with E-state index in [1.54, 1.807) is 6.92 Å². The predicted octanol–water partition coefficient (Wildman–Crippen LogP) is 3.33. The van der Waals surface area contributed by atoms with Crippen LogP contribution in [0.25, 0.3) is 0 Å². The summed E-state index contributed by atoms with van der Waals surface area (Å²) < 4.78 is 45.5. The number of carbonyl (C=O) groups excluding carboxylic acids is 1. The summed E-state index contributed by atoms with van der Waals surface area (Å²) in [4.78, 5) is 18.9. The molecule has 0 bridgehead atoms. The van der Waals surface area contributed by atoms with Crippen molar-refractivity contribution < 1.29 is 22.7 Å². The van der Waals surface area contributed by atoms with Crippen LogP contribution in [0.5, 0.6) is 5.88 Å². The molecule has 2 heterocycles. The van der Waals surface area contributed by atoms with Gasteiger partial charge in [-0.15, -0.1) is 0 Å². The molecule has 1 fully saturated rings. The zero-order valence-corrected chi connectivity index (χ0v) is 16.2. The molecule has 11 heteroatoms. The zero-order valence-electron chi connectivity index (χ0n) is 16.2. The number of rotatable bonds is 7. The summed E-state index contributed by atoms with van der Waals surface area (Å²) in [6.07, 6.45) is 5.50. The molecular weight excluding hydrogens is 389 g/mol. The summed E-state index contributed by atoms with van der Waals surface area (Å²) in [5, 5.41) is 9.34. The molecule has 1 saturated carbocycles. The SMILES string of the molecule is CC(=O)N[C@H]1CC[C@H](COc2nc(Nc3cn(C(F)F)nc3C)ncc2F)CC1. The van der Waals surface area contributed by atoms with E-state index in [1.165, 1.54) is 6.92 Å². The van der Waals surface area contributed by atoms with E-state index >= 15 is 0 Å². The number of alkyl halides is 2. The molecule has 8 nitrogen and oxygen atoms in total. The smallest absolute Gasteiger partial charge is 0.333 e. The Morgan fingerprint density at radius 1 is 1.34 bits per heavy atom. The number of nitrogens with one attached hydrogen (secondary N) is 2. The van der Waals surface area contributed by atoms with Crippen LogP contribution >= 0.6 is 0 Å². The number of anilines is 2. The minimum absolute atomic E-state index is 0.0210. The molecule has 3 rings (SSSR count). The third kappa shape index (κ3) is 5.58. The maximum Gasteiger partial charge on any atom is 0.333 e. The van der Waals surface area contributed by atoms with Crippen molar-refractivity contribution in [1.82, 2.24) is 25.1 Å². The van der Waals surface area contributed by atoms with Gasteiger partial charge in [0.05, 0.1) is 30.4 Å². The van der Waals surface area contributed by atoms with E-state index in [0.29, 0.717) is 22.7 Å². The van der Waals surface area contributed by atoms with Gasteiger partial charge in [0.25, 0.3) is 5.88 Å². The van der Waals surface area contributed by atoms with Crippen LogP contribution in [0.3, 0.4) is 0 Å². The number of hydrogen-bond acceptors (Lipinski definition) is 6. The van der Waals surface area contributed by atoms with Gasteiger partial charge >= 0.3 is 6.55 Å². The van der Waals surface area contributed by atoms with Gasteiger partial charge in [0, 0.05) is 13.0 Å². The molecule has 0 aromatic carbocycles. The number of halogens is 3. The number of aromatic nitrogens is 4. The van der Waals surface area contributed by atoms with Crippen molar-refractivity contribution in [2.45, 2.75) is 52.1 Å². The quantitative estimate of drug-likeness (QED) is 0.725. The average molecular weight is 412 g/mol. The lowest BCUT2D eigenvalue weighted by molar-refractivity contribution is -0.119. The molecule has 29 heavy (non-hydrogen) atoms. The summed E-state index contributed by atoms with van der Waals surface area (Å²) in [6.45, 7) is 0.582. The Kier molecular flexibility index (Phi) is 6.55. The van der Waals surface area contributed by atoms with Crippen LogP contribution < -0.4 is 15.4 Å². The highest BCUT2D eigenvalue weighted by molar-refractivity contribution is 5.73. The molecule has 0 atom stereocenters. The Balaban J connectivity index is 1.58. The van der Waals surface area contributed by atoms with Crippen molar-refractivity contribution in [2.24, 2.45) is 5.92 Å². The lowest BCUT2D eigenvalue weighted by Gasteiger charge is -2.28. The van der Waals surface area contributed by atoms with Crippen molar-refractivity contribution in [3.63, 3.8) is 0 Å². The molecule has 0 aliphatic heterocycles. The van der Waals surface area contributed by atoms with Crippen molar-refractivity contribution in [1.29, 1.82) is 0 Å². The summed E-state index contributed by atoms with van der Waals surface area (Å²) in [6, 6.07) is 0.174. The first-order chi connectivity index (χ1) is 13.8. The van der Waals surface area contributed by atoms with Crippen LogP contribution in [-0.2, 0) is 4.79 Å². The minimum atomic E-state index is -2.77. The van der Waals surface area contributed by atoms with Gasteiger partial charge in [-0.3, -0.25) is 4.79 Å². The molecule has 1 amide bonds. The predicted molar refractivity (Wildman–Crippen MR) is 98.5 cm³/mol.